The summed E-state index contributed by atoms with van der Waals surface area (Å²) in [6.07, 6.45) is 0.758. The summed E-state index contributed by atoms with van der Waals surface area (Å²) in [4.78, 5) is 26.7. The molecule has 4 rings (SSSR count). The molecule has 0 bridgehead atoms. The Bertz CT molecular complexity index is 1140. The van der Waals surface area contributed by atoms with Crippen LogP contribution in [0.1, 0.15) is 52.8 Å². The minimum atomic E-state index is -0.203. The van der Waals surface area contributed by atoms with E-state index in [1.54, 1.807) is 4.68 Å². The van der Waals surface area contributed by atoms with Crippen LogP contribution in [0.5, 0.6) is 0 Å². The third-order valence-corrected chi connectivity index (χ3v) is 6.07. The summed E-state index contributed by atoms with van der Waals surface area (Å²) in [6, 6.07) is 17.5. The summed E-state index contributed by atoms with van der Waals surface area (Å²) in [5.74, 6) is -0.297. The first-order chi connectivity index (χ1) is 16.4. The van der Waals surface area contributed by atoms with Crippen LogP contribution in [-0.4, -0.2) is 44.8 Å². The molecule has 3 N–H and O–H groups in total. The van der Waals surface area contributed by atoms with Gasteiger partial charge in [-0.15, -0.1) is 0 Å². The molecule has 0 fully saturated rings. The summed E-state index contributed by atoms with van der Waals surface area (Å²) in [5, 5.41) is 19.9. The van der Waals surface area contributed by atoms with Gasteiger partial charge in [0.25, 0.3) is 5.91 Å². The number of fused-ring (bicyclic) bond motifs is 1. The molecule has 1 atom stereocenters. The molecule has 2 heterocycles. The Morgan fingerprint density at radius 3 is 2.53 bits per heavy atom. The summed E-state index contributed by atoms with van der Waals surface area (Å²) in [5.41, 5.74) is 5.30. The maximum absolute atomic E-state index is 13.2. The Balaban J connectivity index is 1.50. The normalized spacial score (nSPS) is 14.3. The van der Waals surface area contributed by atoms with E-state index in [0.29, 0.717) is 18.8 Å². The molecule has 3 aromatic rings. The maximum atomic E-state index is 13.2. The lowest BCUT2D eigenvalue weighted by molar-refractivity contribution is -0.114. The Morgan fingerprint density at radius 2 is 1.85 bits per heavy atom. The zero-order chi connectivity index (χ0) is 24.1. The molecule has 0 unspecified atom stereocenters. The van der Waals surface area contributed by atoms with Crippen molar-refractivity contribution in [1.29, 1.82) is 0 Å². The molecule has 0 saturated carbocycles. The van der Waals surface area contributed by atoms with Gasteiger partial charge in [-0.3, -0.25) is 19.2 Å². The molecule has 0 aliphatic carbocycles. The zero-order valence-electron chi connectivity index (χ0n) is 19.6. The van der Waals surface area contributed by atoms with Crippen LogP contribution < -0.4 is 10.6 Å². The molecule has 8 nitrogen and oxygen atoms in total. The van der Waals surface area contributed by atoms with Crippen molar-refractivity contribution in [2.75, 3.05) is 18.5 Å². The van der Waals surface area contributed by atoms with E-state index in [9.17, 15) is 14.7 Å². The van der Waals surface area contributed by atoms with Gasteiger partial charge in [0.15, 0.2) is 5.69 Å². The summed E-state index contributed by atoms with van der Waals surface area (Å²) in [6.45, 7) is 5.96. The standard InChI is InChI=1S/C26H31N5O3/c1-18(21-6-4-3-5-7-21)27-26(34)25-23-17-30(13-12-24(23)31(29-25)14-15-32)16-20-8-10-22(11-9-20)28-19(2)33/h3-11,18,32H,12-17H2,1-2H3,(H,27,34)(H,28,33)/t18-/m1/s1. The Kier molecular flexibility index (Phi) is 7.40. The molecule has 2 amide bonds. The van der Waals surface area contributed by atoms with E-state index in [4.69, 9.17) is 0 Å². The van der Waals surface area contributed by atoms with Crippen LogP contribution in [0.2, 0.25) is 0 Å². The van der Waals surface area contributed by atoms with Gasteiger partial charge in [-0.1, -0.05) is 42.5 Å². The summed E-state index contributed by atoms with van der Waals surface area (Å²) < 4.78 is 1.77. The topological polar surface area (TPSA) is 99.5 Å². The van der Waals surface area contributed by atoms with Crippen molar-refractivity contribution in [2.45, 2.75) is 45.9 Å². The number of benzene rings is 2. The molecule has 34 heavy (non-hydrogen) atoms. The largest absolute Gasteiger partial charge is 0.394 e. The van der Waals surface area contributed by atoms with Crippen molar-refractivity contribution in [2.24, 2.45) is 0 Å². The van der Waals surface area contributed by atoms with Crippen molar-refractivity contribution in [3.05, 3.63) is 82.7 Å². The average molecular weight is 462 g/mol. The van der Waals surface area contributed by atoms with Gasteiger partial charge in [0.1, 0.15) is 0 Å². The lowest BCUT2D eigenvalue weighted by atomic mass is 10.0. The van der Waals surface area contributed by atoms with Crippen molar-refractivity contribution in [1.82, 2.24) is 20.0 Å². The van der Waals surface area contributed by atoms with Crippen LogP contribution in [0.3, 0.4) is 0 Å². The predicted molar refractivity (Wildman–Crippen MR) is 130 cm³/mol. The van der Waals surface area contributed by atoms with E-state index in [1.807, 2.05) is 61.5 Å². The van der Waals surface area contributed by atoms with Crippen LogP contribution >= 0.6 is 0 Å². The second-order valence-electron chi connectivity index (χ2n) is 8.67. The highest BCUT2D eigenvalue weighted by Gasteiger charge is 2.28. The number of aliphatic hydroxyl groups is 1. The number of aliphatic hydroxyl groups excluding tert-OH is 1. The van der Waals surface area contributed by atoms with Gasteiger partial charge in [-0.2, -0.15) is 5.10 Å². The number of aromatic nitrogens is 2. The molecule has 0 spiro atoms. The Morgan fingerprint density at radius 1 is 1.12 bits per heavy atom. The zero-order valence-corrected chi connectivity index (χ0v) is 19.6. The van der Waals surface area contributed by atoms with Gasteiger partial charge < -0.3 is 15.7 Å². The number of anilines is 1. The highest BCUT2D eigenvalue weighted by Crippen LogP contribution is 2.25. The van der Waals surface area contributed by atoms with Gasteiger partial charge in [0, 0.05) is 49.9 Å². The molecule has 0 saturated heterocycles. The first kappa shape index (κ1) is 23.7. The molecule has 1 aliphatic rings. The van der Waals surface area contributed by atoms with Crippen LogP contribution in [0, 0.1) is 0 Å². The fourth-order valence-corrected chi connectivity index (χ4v) is 4.39. The van der Waals surface area contributed by atoms with Gasteiger partial charge in [0.2, 0.25) is 5.91 Å². The van der Waals surface area contributed by atoms with Crippen LogP contribution in [0.15, 0.2) is 54.6 Å². The predicted octanol–water partition coefficient (Wildman–Crippen LogP) is 2.88. The quantitative estimate of drug-likeness (QED) is 0.479. The molecule has 1 aliphatic heterocycles. The lowest BCUT2D eigenvalue weighted by Crippen LogP contribution is -2.33. The van der Waals surface area contributed by atoms with E-state index in [-0.39, 0.29) is 24.5 Å². The Hall–Kier alpha value is -3.49. The molecular weight excluding hydrogens is 430 g/mol. The molecule has 0 radical (unpaired) electrons. The van der Waals surface area contributed by atoms with Gasteiger partial charge in [-0.25, -0.2) is 0 Å². The summed E-state index contributed by atoms with van der Waals surface area (Å²) >= 11 is 0. The fraction of sp³-hybridized carbons (Fsp3) is 0.346. The lowest BCUT2D eigenvalue weighted by Gasteiger charge is -2.28. The maximum Gasteiger partial charge on any atom is 0.272 e. The van der Waals surface area contributed by atoms with Crippen LogP contribution in [0.25, 0.3) is 0 Å². The highest BCUT2D eigenvalue weighted by atomic mass is 16.3. The number of carbonyl (C=O) groups excluding carboxylic acids is 2. The second kappa shape index (κ2) is 10.6. The average Bonchev–Trinajstić information content (AvgIpc) is 3.18. The van der Waals surface area contributed by atoms with Gasteiger partial charge >= 0.3 is 0 Å². The third-order valence-electron chi connectivity index (χ3n) is 6.07. The monoisotopic (exact) mass is 461 g/mol. The number of amides is 2. The molecule has 2 aromatic carbocycles. The highest BCUT2D eigenvalue weighted by molar-refractivity contribution is 5.94. The number of carbonyl (C=O) groups is 2. The van der Waals surface area contributed by atoms with Gasteiger partial charge in [-0.05, 0) is 30.2 Å². The van der Waals surface area contributed by atoms with E-state index >= 15 is 0 Å². The van der Waals surface area contributed by atoms with Crippen molar-refractivity contribution in [3.8, 4) is 0 Å². The second-order valence-corrected chi connectivity index (χ2v) is 8.67. The molecular formula is C26H31N5O3. The minimum Gasteiger partial charge on any atom is -0.394 e. The van der Waals surface area contributed by atoms with Crippen LogP contribution in [0.4, 0.5) is 5.69 Å². The minimum absolute atomic E-state index is 0.0278. The van der Waals surface area contributed by atoms with Crippen molar-refractivity contribution >= 4 is 17.5 Å². The first-order valence-corrected chi connectivity index (χ1v) is 11.6. The third kappa shape index (κ3) is 5.52. The Labute approximate surface area is 199 Å². The number of hydrogen-bond donors (Lipinski definition) is 3. The number of nitrogens with zero attached hydrogens (tertiary/aromatic N) is 3. The summed E-state index contributed by atoms with van der Waals surface area (Å²) in [7, 11) is 0. The molecule has 178 valence electrons. The van der Waals surface area contributed by atoms with E-state index < -0.39 is 0 Å². The SMILES string of the molecule is CC(=O)Nc1ccc(CN2CCc3c(c(C(=O)N[C@H](C)c4ccccc4)nn3CCO)C2)cc1. The van der Waals surface area contributed by atoms with Crippen LogP contribution in [-0.2, 0) is 30.8 Å². The smallest absolute Gasteiger partial charge is 0.272 e. The van der Waals surface area contributed by atoms with E-state index in [0.717, 1.165) is 47.6 Å². The number of rotatable bonds is 8. The van der Waals surface area contributed by atoms with Crippen molar-refractivity contribution in [3.63, 3.8) is 0 Å². The van der Waals surface area contributed by atoms with E-state index in [2.05, 4.69) is 20.6 Å². The molecule has 1 aromatic heterocycles. The fourth-order valence-electron chi connectivity index (χ4n) is 4.39. The van der Waals surface area contributed by atoms with Crippen molar-refractivity contribution < 1.29 is 14.7 Å². The van der Waals surface area contributed by atoms with E-state index in [1.165, 1.54) is 6.92 Å². The number of hydrogen-bond acceptors (Lipinski definition) is 5. The van der Waals surface area contributed by atoms with Gasteiger partial charge in [0.05, 0.1) is 19.2 Å². The molecule has 8 heteroatoms. The first-order valence-electron chi connectivity index (χ1n) is 11.6. The number of nitrogens with one attached hydrogen (secondary N) is 2.